The molecule has 60 valence electrons. The van der Waals surface area contributed by atoms with Gasteiger partial charge in [-0.05, 0) is 0 Å². The Hall–Kier alpha value is -0.390. The fourth-order valence-electron chi connectivity index (χ4n) is 0.410. The maximum atomic E-state index is 10.8. The molecule has 1 atom stereocenters. The standard InChI is InChI=1S/C5H11NO3S/c1-2-5(6)10(8,9)4-3-7/h2,5,7H,1,3-4,6H2. The van der Waals surface area contributed by atoms with Crippen molar-refractivity contribution in [3.05, 3.63) is 12.7 Å². The van der Waals surface area contributed by atoms with E-state index in [9.17, 15) is 8.42 Å². The number of aliphatic hydroxyl groups is 1. The molecule has 4 nitrogen and oxygen atoms in total. The lowest BCUT2D eigenvalue weighted by Crippen LogP contribution is -2.31. The molecule has 0 aliphatic rings. The molecule has 0 aromatic heterocycles. The van der Waals surface area contributed by atoms with Gasteiger partial charge in [0.1, 0.15) is 5.37 Å². The van der Waals surface area contributed by atoms with Crippen molar-refractivity contribution in [3.63, 3.8) is 0 Å². The molecule has 0 spiro atoms. The zero-order valence-electron chi connectivity index (χ0n) is 5.53. The fraction of sp³-hybridized carbons (Fsp3) is 0.600. The second-order valence-corrected chi connectivity index (χ2v) is 4.07. The van der Waals surface area contributed by atoms with Crippen LogP contribution >= 0.6 is 0 Å². The van der Waals surface area contributed by atoms with Gasteiger partial charge < -0.3 is 10.8 Å². The van der Waals surface area contributed by atoms with Gasteiger partial charge in [-0.2, -0.15) is 0 Å². The van der Waals surface area contributed by atoms with Crippen molar-refractivity contribution < 1.29 is 13.5 Å². The average Bonchev–Trinajstić information content (AvgIpc) is 1.86. The normalized spacial score (nSPS) is 14.6. The van der Waals surface area contributed by atoms with Crippen LogP contribution in [0.2, 0.25) is 0 Å². The van der Waals surface area contributed by atoms with Gasteiger partial charge in [0.2, 0.25) is 0 Å². The minimum atomic E-state index is -3.35. The first-order valence-corrected chi connectivity index (χ1v) is 4.46. The minimum absolute atomic E-state index is 0.305. The van der Waals surface area contributed by atoms with E-state index in [1.807, 2.05) is 0 Å². The number of hydrogen-bond donors (Lipinski definition) is 2. The van der Waals surface area contributed by atoms with Crippen LogP contribution in [0.5, 0.6) is 0 Å². The van der Waals surface area contributed by atoms with Crippen molar-refractivity contribution in [1.29, 1.82) is 0 Å². The Balaban J connectivity index is 4.26. The van der Waals surface area contributed by atoms with Crippen molar-refractivity contribution >= 4 is 9.84 Å². The molecule has 0 aromatic carbocycles. The fourth-order valence-corrected chi connectivity index (χ4v) is 1.23. The lowest BCUT2D eigenvalue weighted by Gasteiger charge is -2.05. The molecular weight excluding hydrogens is 154 g/mol. The monoisotopic (exact) mass is 165 g/mol. The Morgan fingerprint density at radius 2 is 2.20 bits per heavy atom. The van der Waals surface area contributed by atoms with Crippen LogP contribution in [-0.4, -0.2) is 31.3 Å². The third kappa shape index (κ3) is 2.47. The number of sulfone groups is 1. The van der Waals surface area contributed by atoms with E-state index in [0.717, 1.165) is 6.08 Å². The van der Waals surface area contributed by atoms with Gasteiger partial charge in [-0.3, -0.25) is 0 Å². The Kier molecular flexibility index (Phi) is 3.55. The zero-order valence-corrected chi connectivity index (χ0v) is 6.34. The molecule has 0 bridgehead atoms. The molecule has 0 radical (unpaired) electrons. The minimum Gasteiger partial charge on any atom is -0.395 e. The first-order chi connectivity index (χ1) is 4.54. The third-order valence-electron chi connectivity index (χ3n) is 1.02. The van der Waals surface area contributed by atoms with Crippen LogP contribution < -0.4 is 5.73 Å². The predicted octanol–water partition coefficient (Wildman–Crippen LogP) is -1.14. The lowest BCUT2D eigenvalue weighted by atomic mass is 10.7. The molecule has 0 aromatic rings. The summed E-state index contributed by atoms with van der Waals surface area (Å²) in [6, 6.07) is 0. The second-order valence-electron chi connectivity index (χ2n) is 1.79. The van der Waals surface area contributed by atoms with E-state index in [4.69, 9.17) is 10.8 Å². The van der Waals surface area contributed by atoms with Crippen LogP contribution in [0.15, 0.2) is 12.7 Å². The van der Waals surface area contributed by atoms with E-state index in [2.05, 4.69) is 6.58 Å². The van der Waals surface area contributed by atoms with Gasteiger partial charge in [0.05, 0.1) is 12.4 Å². The van der Waals surface area contributed by atoms with E-state index < -0.39 is 21.8 Å². The summed E-state index contributed by atoms with van der Waals surface area (Å²) in [6.07, 6.45) is 1.13. The molecular formula is C5H11NO3S. The van der Waals surface area contributed by atoms with Crippen LogP contribution in [0.4, 0.5) is 0 Å². The molecule has 1 unspecified atom stereocenters. The van der Waals surface area contributed by atoms with E-state index >= 15 is 0 Å². The molecule has 0 saturated carbocycles. The van der Waals surface area contributed by atoms with Gasteiger partial charge in [0, 0.05) is 0 Å². The first kappa shape index (κ1) is 9.61. The van der Waals surface area contributed by atoms with E-state index in [-0.39, 0.29) is 5.75 Å². The maximum Gasteiger partial charge on any atom is 0.171 e. The van der Waals surface area contributed by atoms with Gasteiger partial charge in [-0.1, -0.05) is 6.08 Å². The summed E-state index contributed by atoms with van der Waals surface area (Å²) in [4.78, 5) is 0. The Morgan fingerprint density at radius 1 is 1.70 bits per heavy atom. The topological polar surface area (TPSA) is 80.4 Å². The zero-order chi connectivity index (χ0) is 8.20. The van der Waals surface area contributed by atoms with Crippen molar-refractivity contribution in [3.8, 4) is 0 Å². The highest BCUT2D eigenvalue weighted by molar-refractivity contribution is 7.92. The van der Waals surface area contributed by atoms with Crippen molar-refractivity contribution in [2.24, 2.45) is 5.73 Å². The van der Waals surface area contributed by atoms with E-state index in [1.54, 1.807) is 0 Å². The largest absolute Gasteiger partial charge is 0.395 e. The predicted molar refractivity (Wildman–Crippen MR) is 39.0 cm³/mol. The highest BCUT2D eigenvalue weighted by Crippen LogP contribution is 1.95. The van der Waals surface area contributed by atoms with Gasteiger partial charge in [0.15, 0.2) is 9.84 Å². The molecule has 5 heteroatoms. The molecule has 0 rings (SSSR count). The third-order valence-corrected chi connectivity index (χ3v) is 2.80. The van der Waals surface area contributed by atoms with Crippen molar-refractivity contribution in [2.75, 3.05) is 12.4 Å². The highest BCUT2D eigenvalue weighted by Gasteiger charge is 2.16. The molecule has 0 heterocycles. The van der Waals surface area contributed by atoms with Gasteiger partial charge in [0.25, 0.3) is 0 Å². The highest BCUT2D eigenvalue weighted by atomic mass is 32.2. The molecule has 0 aliphatic carbocycles. The van der Waals surface area contributed by atoms with Crippen LogP contribution in [0, 0.1) is 0 Å². The SMILES string of the molecule is C=CC(N)S(=O)(=O)CCO. The number of aliphatic hydroxyl groups excluding tert-OH is 1. The summed E-state index contributed by atoms with van der Waals surface area (Å²) in [7, 11) is -3.35. The summed E-state index contributed by atoms with van der Waals surface area (Å²) < 4.78 is 21.6. The van der Waals surface area contributed by atoms with Crippen LogP contribution in [-0.2, 0) is 9.84 Å². The average molecular weight is 165 g/mol. The summed E-state index contributed by atoms with van der Waals surface area (Å²) in [5.74, 6) is -0.305. The van der Waals surface area contributed by atoms with Crippen molar-refractivity contribution in [1.82, 2.24) is 0 Å². The number of hydrogen-bond acceptors (Lipinski definition) is 4. The summed E-state index contributed by atoms with van der Waals surface area (Å²) in [5, 5.41) is 7.22. The molecule has 0 saturated heterocycles. The molecule has 10 heavy (non-hydrogen) atoms. The summed E-state index contributed by atoms with van der Waals surface area (Å²) in [6.45, 7) is 2.82. The Bertz CT molecular complexity index is 197. The Morgan fingerprint density at radius 3 is 2.50 bits per heavy atom. The number of nitrogens with two attached hydrogens (primary N) is 1. The molecule has 0 aliphatic heterocycles. The van der Waals surface area contributed by atoms with E-state index in [0.29, 0.717) is 0 Å². The van der Waals surface area contributed by atoms with Crippen LogP contribution in [0.3, 0.4) is 0 Å². The van der Waals surface area contributed by atoms with Crippen LogP contribution in [0.1, 0.15) is 0 Å². The van der Waals surface area contributed by atoms with E-state index in [1.165, 1.54) is 0 Å². The molecule has 0 fully saturated rings. The van der Waals surface area contributed by atoms with Gasteiger partial charge in [-0.25, -0.2) is 8.42 Å². The summed E-state index contributed by atoms with van der Waals surface area (Å²) in [5.41, 5.74) is 5.12. The smallest absolute Gasteiger partial charge is 0.171 e. The lowest BCUT2D eigenvalue weighted by molar-refractivity contribution is 0.319. The first-order valence-electron chi connectivity index (χ1n) is 2.75. The van der Waals surface area contributed by atoms with Gasteiger partial charge >= 0.3 is 0 Å². The maximum absolute atomic E-state index is 10.8. The molecule has 0 amide bonds. The second kappa shape index (κ2) is 3.70. The molecule has 3 N–H and O–H groups in total. The van der Waals surface area contributed by atoms with Gasteiger partial charge in [-0.15, -0.1) is 6.58 Å². The van der Waals surface area contributed by atoms with Crippen LogP contribution in [0.25, 0.3) is 0 Å². The Labute approximate surface area is 60.3 Å². The van der Waals surface area contributed by atoms with Crippen molar-refractivity contribution in [2.45, 2.75) is 5.37 Å². The summed E-state index contributed by atoms with van der Waals surface area (Å²) >= 11 is 0. The quantitative estimate of drug-likeness (QED) is 0.516. The number of rotatable bonds is 4.